The van der Waals surface area contributed by atoms with Gasteiger partial charge in [-0.3, -0.25) is 9.69 Å². The monoisotopic (exact) mass is 275 g/mol. The predicted molar refractivity (Wildman–Crippen MR) is 80.9 cm³/mol. The van der Waals surface area contributed by atoms with E-state index in [-0.39, 0.29) is 5.92 Å². The summed E-state index contributed by atoms with van der Waals surface area (Å²) in [5.74, 6) is -0.317. The number of aliphatic carboxylic acids is 1. The van der Waals surface area contributed by atoms with Gasteiger partial charge in [-0.2, -0.15) is 0 Å². The van der Waals surface area contributed by atoms with Gasteiger partial charge in [-0.15, -0.1) is 0 Å². The van der Waals surface area contributed by atoms with Crippen LogP contribution in [0.1, 0.15) is 49.3 Å². The molecule has 1 heterocycles. The largest absolute Gasteiger partial charge is 0.481 e. The zero-order valence-electron chi connectivity index (χ0n) is 12.7. The molecule has 110 valence electrons. The Morgan fingerprint density at radius 2 is 2.20 bits per heavy atom. The SMILES string of the molecule is Cc1ccc(C(C)C)cc1CN1CCCC(C(=O)O)C1. The van der Waals surface area contributed by atoms with Crippen molar-refractivity contribution in [3.63, 3.8) is 0 Å². The van der Waals surface area contributed by atoms with Gasteiger partial charge >= 0.3 is 5.97 Å². The lowest BCUT2D eigenvalue weighted by molar-refractivity contribution is -0.143. The molecule has 0 amide bonds. The third kappa shape index (κ3) is 3.60. The zero-order chi connectivity index (χ0) is 14.7. The topological polar surface area (TPSA) is 40.5 Å². The Morgan fingerprint density at radius 1 is 1.45 bits per heavy atom. The number of nitrogens with zero attached hydrogens (tertiary/aromatic N) is 1. The van der Waals surface area contributed by atoms with Crippen LogP contribution in [-0.4, -0.2) is 29.1 Å². The standard InChI is InChI=1S/C17H25NO2/c1-12(2)14-7-6-13(3)16(9-14)11-18-8-4-5-15(10-18)17(19)20/h6-7,9,12,15H,4-5,8,10-11H2,1-3H3,(H,19,20). The van der Waals surface area contributed by atoms with Crippen LogP contribution in [0.25, 0.3) is 0 Å². The summed E-state index contributed by atoms with van der Waals surface area (Å²) < 4.78 is 0. The number of benzene rings is 1. The molecule has 1 aliphatic heterocycles. The number of likely N-dealkylation sites (tertiary alicyclic amines) is 1. The van der Waals surface area contributed by atoms with Crippen molar-refractivity contribution in [3.05, 3.63) is 34.9 Å². The summed E-state index contributed by atoms with van der Waals surface area (Å²) in [5.41, 5.74) is 3.99. The smallest absolute Gasteiger partial charge is 0.307 e. The van der Waals surface area contributed by atoms with E-state index >= 15 is 0 Å². The van der Waals surface area contributed by atoms with Crippen molar-refractivity contribution in [2.75, 3.05) is 13.1 Å². The van der Waals surface area contributed by atoms with E-state index in [9.17, 15) is 4.79 Å². The number of carboxylic acid groups (broad SMARTS) is 1. The van der Waals surface area contributed by atoms with Gasteiger partial charge in [-0.05, 0) is 48.9 Å². The summed E-state index contributed by atoms with van der Waals surface area (Å²) in [5, 5.41) is 9.17. The fourth-order valence-corrected chi connectivity index (χ4v) is 2.86. The molecule has 1 atom stereocenters. The highest BCUT2D eigenvalue weighted by Gasteiger charge is 2.25. The van der Waals surface area contributed by atoms with Gasteiger partial charge < -0.3 is 5.11 Å². The van der Waals surface area contributed by atoms with Crippen molar-refractivity contribution in [1.82, 2.24) is 4.90 Å². The first-order valence-corrected chi connectivity index (χ1v) is 7.52. The van der Waals surface area contributed by atoms with Gasteiger partial charge in [0.2, 0.25) is 0 Å². The number of hydrogen-bond acceptors (Lipinski definition) is 2. The van der Waals surface area contributed by atoms with Crippen LogP contribution >= 0.6 is 0 Å². The highest BCUT2D eigenvalue weighted by molar-refractivity contribution is 5.70. The first kappa shape index (κ1) is 15.0. The third-order valence-electron chi connectivity index (χ3n) is 4.29. The van der Waals surface area contributed by atoms with Gasteiger partial charge in [0.1, 0.15) is 0 Å². The number of carbonyl (C=O) groups is 1. The normalized spacial score (nSPS) is 20.3. The Labute approximate surface area is 121 Å². The second kappa shape index (κ2) is 6.40. The molecule has 3 heteroatoms. The molecule has 1 aromatic carbocycles. The number of aryl methyl sites for hydroxylation is 1. The van der Waals surface area contributed by atoms with Crippen molar-refractivity contribution < 1.29 is 9.90 Å². The molecule has 0 radical (unpaired) electrons. The van der Waals surface area contributed by atoms with Crippen LogP contribution < -0.4 is 0 Å². The first-order valence-electron chi connectivity index (χ1n) is 7.52. The molecule has 1 N–H and O–H groups in total. The molecule has 0 spiro atoms. The van der Waals surface area contributed by atoms with Gasteiger partial charge in [0.15, 0.2) is 0 Å². The molecule has 1 saturated heterocycles. The average Bonchev–Trinajstić information content (AvgIpc) is 2.41. The molecule has 1 aliphatic rings. The predicted octanol–water partition coefficient (Wildman–Crippen LogP) is 3.42. The molecular formula is C17H25NO2. The lowest BCUT2D eigenvalue weighted by Gasteiger charge is -2.31. The lowest BCUT2D eigenvalue weighted by Crippen LogP contribution is -2.38. The maximum atomic E-state index is 11.1. The molecule has 1 aromatic rings. The van der Waals surface area contributed by atoms with Crippen LogP contribution in [0.15, 0.2) is 18.2 Å². The lowest BCUT2D eigenvalue weighted by atomic mass is 9.95. The number of carboxylic acids is 1. The Bertz CT molecular complexity index is 482. The van der Waals surface area contributed by atoms with Crippen LogP contribution in [0.4, 0.5) is 0 Å². The zero-order valence-corrected chi connectivity index (χ0v) is 12.7. The maximum absolute atomic E-state index is 11.1. The Balaban J connectivity index is 2.09. The summed E-state index contributed by atoms with van der Waals surface area (Å²) in [7, 11) is 0. The van der Waals surface area contributed by atoms with E-state index in [1.54, 1.807) is 0 Å². The van der Waals surface area contributed by atoms with Gasteiger partial charge in [0, 0.05) is 13.1 Å². The molecule has 0 bridgehead atoms. The Morgan fingerprint density at radius 3 is 2.85 bits per heavy atom. The second-order valence-electron chi connectivity index (χ2n) is 6.25. The second-order valence-corrected chi connectivity index (χ2v) is 6.25. The van der Waals surface area contributed by atoms with E-state index in [4.69, 9.17) is 5.11 Å². The van der Waals surface area contributed by atoms with E-state index in [0.717, 1.165) is 25.9 Å². The molecule has 0 saturated carbocycles. The molecule has 2 rings (SSSR count). The van der Waals surface area contributed by atoms with Crippen LogP contribution in [0.2, 0.25) is 0 Å². The van der Waals surface area contributed by atoms with Crippen LogP contribution in [0.3, 0.4) is 0 Å². The summed E-state index contributed by atoms with van der Waals surface area (Å²) in [6.45, 7) is 9.11. The molecule has 1 unspecified atom stereocenters. The highest BCUT2D eigenvalue weighted by atomic mass is 16.4. The van der Waals surface area contributed by atoms with Crippen molar-refractivity contribution in [2.24, 2.45) is 5.92 Å². The fourth-order valence-electron chi connectivity index (χ4n) is 2.86. The van der Waals surface area contributed by atoms with Gasteiger partial charge in [0.25, 0.3) is 0 Å². The van der Waals surface area contributed by atoms with Crippen molar-refractivity contribution in [1.29, 1.82) is 0 Å². The average molecular weight is 275 g/mol. The molecular weight excluding hydrogens is 250 g/mol. The minimum atomic E-state index is -0.651. The summed E-state index contributed by atoms with van der Waals surface area (Å²) in [6, 6.07) is 6.66. The third-order valence-corrected chi connectivity index (χ3v) is 4.29. The van der Waals surface area contributed by atoms with E-state index in [1.807, 2.05) is 0 Å². The van der Waals surface area contributed by atoms with E-state index < -0.39 is 5.97 Å². The van der Waals surface area contributed by atoms with Crippen molar-refractivity contribution in [2.45, 2.75) is 46.1 Å². The minimum absolute atomic E-state index is 0.197. The number of piperidine rings is 1. The quantitative estimate of drug-likeness (QED) is 0.915. The fraction of sp³-hybridized carbons (Fsp3) is 0.588. The van der Waals surface area contributed by atoms with Gasteiger partial charge in [-0.25, -0.2) is 0 Å². The van der Waals surface area contributed by atoms with Crippen molar-refractivity contribution >= 4 is 5.97 Å². The Kier molecular flexibility index (Phi) is 4.81. The van der Waals surface area contributed by atoms with Gasteiger partial charge in [0.05, 0.1) is 5.92 Å². The summed E-state index contributed by atoms with van der Waals surface area (Å²) in [4.78, 5) is 13.4. The minimum Gasteiger partial charge on any atom is -0.481 e. The van der Waals surface area contributed by atoms with Gasteiger partial charge in [-0.1, -0.05) is 32.0 Å². The number of hydrogen-bond donors (Lipinski definition) is 1. The van der Waals surface area contributed by atoms with E-state index in [1.165, 1.54) is 16.7 Å². The molecule has 20 heavy (non-hydrogen) atoms. The number of rotatable bonds is 4. The highest BCUT2D eigenvalue weighted by Crippen LogP contribution is 2.23. The van der Waals surface area contributed by atoms with E-state index in [2.05, 4.69) is 43.9 Å². The maximum Gasteiger partial charge on any atom is 0.307 e. The van der Waals surface area contributed by atoms with Crippen LogP contribution in [-0.2, 0) is 11.3 Å². The molecule has 0 aliphatic carbocycles. The Hall–Kier alpha value is -1.35. The van der Waals surface area contributed by atoms with Crippen molar-refractivity contribution in [3.8, 4) is 0 Å². The van der Waals surface area contributed by atoms with Crippen LogP contribution in [0, 0.1) is 12.8 Å². The molecule has 3 nitrogen and oxygen atoms in total. The molecule has 1 fully saturated rings. The first-order chi connectivity index (χ1) is 9.47. The summed E-state index contributed by atoms with van der Waals surface area (Å²) >= 11 is 0. The summed E-state index contributed by atoms with van der Waals surface area (Å²) in [6.07, 6.45) is 1.80. The van der Waals surface area contributed by atoms with E-state index in [0.29, 0.717) is 12.5 Å². The van der Waals surface area contributed by atoms with Crippen LogP contribution in [0.5, 0.6) is 0 Å². The molecule has 0 aromatic heterocycles.